The summed E-state index contributed by atoms with van der Waals surface area (Å²) < 4.78 is 11.0. The average molecular weight is 344 g/mol. The smallest absolute Gasteiger partial charge is 0.119 e. The first kappa shape index (κ1) is 19.3. The first-order chi connectivity index (χ1) is 11.8. The van der Waals surface area contributed by atoms with Crippen molar-refractivity contribution in [3.05, 3.63) is 59.7 Å². The predicted octanol–water partition coefficient (Wildman–Crippen LogP) is 3.53. The summed E-state index contributed by atoms with van der Waals surface area (Å²) in [7, 11) is 0. The predicted molar refractivity (Wildman–Crippen MR) is 99.4 cm³/mol. The van der Waals surface area contributed by atoms with E-state index in [1.54, 1.807) is 13.8 Å². The molecule has 4 nitrogen and oxygen atoms in total. The lowest BCUT2D eigenvalue weighted by atomic mass is 9.78. The summed E-state index contributed by atoms with van der Waals surface area (Å²) in [6, 6.07) is 15.9. The summed E-state index contributed by atoms with van der Waals surface area (Å²) in [4.78, 5) is 0. The number of benzene rings is 2. The van der Waals surface area contributed by atoms with E-state index in [1.807, 2.05) is 24.3 Å². The normalized spacial score (nSPS) is 14.0. The fourth-order valence-electron chi connectivity index (χ4n) is 2.54. The van der Waals surface area contributed by atoms with Crippen LogP contribution in [0.5, 0.6) is 11.5 Å². The van der Waals surface area contributed by atoms with Crippen LogP contribution in [0.1, 0.15) is 38.8 Å². The standard InChI is InChI=1S/C21H28O4/c1-15(22)13-24-19-9-5-17(6-10-19)21(3,4)18-7-11-20(12-8-18)25-14-16(2)23/h5-12,15-16,22-23H,13-14H2,1-4H3. The van der Waals surface area contributed by atoms with Gasteiger partial charge in [-0.05, 0) is 49.2 Å². The van der Waals surface area contributed by atoms with Crippen LogP contribution in [0.3, 0.4) is 0 Å². The molecule has 2 rings (SSSR count). The van der Waals surface area contributed by atoms with Crippen LogP contribution in [-0.2, 0) is 5.41 Å². The van der Waals surface area contributed by atoms with Crippen molar-refractivity contribution < 1.29 is 19.7 Å². The van der Waals surface area contributed by atoms with Gasteiger partial charge in [0.25, 0.3) is 0 Å². The molecule has 2 aromatic rings. The molecule has 0 amide bonds. The van der Waals surface area contributed by atoms with Crippen molar-refractivity contribution in [3.63, 3.8) is 0 Å². The molecule has 2 unspecified atom stereocenters. The molecule has 0 bridgehead atoms. The van der Waals surface area contributed by atoms with Gasteiger partial charge in [0.2, 0.25) is 0 Å². The topological polar surface area (TPSA) is 58.9 Å². The highest BCUT2D eigenvalue weighted by Gasteiger charge is 2.23. The third kappa shape index (κ3) is 5.48. The Morgan fingerprint density at radius 1 is 0.720 bits per heavy atom. The monoisotopic (exact) mass is 344 g/mol. The maximum Gasteiger partial charge on any atom is 0.119 e. The minimum Gasteiger partial charge on any atom is -0.491 e. The van der Waals surface area contributed by atoms with E-state index in [1.165, 1.54) is 11.1 Å². The molecule has 0 heterocycles. The first-order valence-electron chi connectivity index (χ1n) is 8.62. The maximum absolute atomic E-state index is 9.29. The molecule has 2 N–H and O–H groups in total. The molecular formula is C21H28O4. The molecule has 25 heavy (non-hydrogen) atoms. The van der Waals surface area contributed by atoms with E-state index >= 15 is 0 Å². The minimum atomic E-state index is -0.481. The summed E-state index contributed by atoms with van der Waals surface area (Å²) in [6.07, 6.45) is -0.962. The Morgan fingerprint density at radius 2 is 1.04 bits per heavy atom. The lowest BCUT2D eigenvalue weighted by Gasteiger charge is -2.26. The van der Waals surface area contributed by atoms with Crippen LogP contribution in [0.15, 0.2) is 48.5 Å². The van der Waals surface area contributed by atoms with E-state index in [0.29, 0.717) is 0 Å². The Hall–Kier alpha value is -2.04. The summed E-state index contributed by atoms with van der Waals surface area (Å²) in [5.74, 6) is 1.50. The van der Waals surface area contributed by atoms with Crippen LogP contribution in [0.25, 0.3) is 0 Å². The zero-order valence-electron chi connectivity index (χ0n) is 15.4. The molecule has 136 valence electrons. The van der Waals surface area contributed by atoms with Crippen LogP contribution in [0.4, 0.5) is 0 Å². The third-order valence-corrected chi connectivity index (χ3v) is 4.13. The van der Waals surface area contributed by atoms with Crippen molar-refractivity contribution in [2.75, 3.05) is 13.2 Å². The molecule has 0 spiro atoms. The molecule has 2 atom stereocenters. The molecule has 0 aliphatic heterocycles. The molecule has 0 radical (unpaired) electrons. The molecule has 0 aliphatic carbocycles. The van der Waals surface area contributed by atoms with E-state index in [9.17, 15) is 10.2 Å². The van der Waals surface area contributed by atoms with E-state index < -0.39 is 12.2 Å². The van der Waals surface area contributed by atoms with Gasteiger partial charge in [-0.1, -0.05) is 38.1 Å². The molecule has 0 saturated heterocycles. The van der Waals surface area contributed by atoms with Crippen LogP contribution < -0.4 is 9.47 Å². The second-order valence-electron chi connectivity index (χ2n) is 6.99. The lowest BCUT2D eigenvalue weighted by molar-refractivity contribution is 0.122. The van der Waals surface area contributed by atoms with E-state index in [4.69, 9.17) is 9.47 Å². The molecular weight excluding hydrogens is 316 g/mol. The highest BCUT2D eigenvalue weighted by Crippen LogP contribution is 2.33. The van der Waals surface area contributed by atoms with Crippen LogP contribution in [-0.4, -0.2) is 35.6 Å². The molecule has 0 aliphatic rings. The van der Waals surface area contributed by atoms with Crippen molar-refractivity contribution >= 4 is 0 Å². The largest absolute Gasteiger partial charge is 0.491 e. The van der Waals surface area contributed by atoms with Crippen LogP contribution in [0.2, 0.25) is 0 Å². The number of ether oxygens (including phenoxy) is 2. The fourth-order valence-corrected chi connectivity index (χ4v) is 2.54. The molecule has 4 heteroatoms. The second-order valence-corrected chi connectivity index (χ2v) is 6.99. The van der Waals surface area contributed by atoms with Crippen molar-refractivity contribution in [2.45, 2.75) is 45.3 Å². The SMILES string of the molecule is CC(O)COc1ccc(C(C)(C)c2ccc(OCC(C)O)cc2)cc1. The van der Waals surface area contributed by atoms with E-state index in [-0.39, 0.29) is 18.6 Å². The summed E-state index contributed by atoms with van der Waals surface area (Å²) in [5.41, 5.74) is 2.19. The van der Waals surface area contributed by atoms with Crippen molar-refractivity contribution in [1.82, 2.24) is 0 Å². The van der Waals surface area contributed by atoms with Gasteiger partial charge in [-0.25, -0.2) is 0 Å². The highest BCUT2D eigenvalue weighted by atomic mass is 16.5. The van der Waals surface area contributed by atoms with Crippen molar-refractivity contribution in [3.8, 4) is 11.5 Å². The minimum absolute atomic E-state index is 0.161. The van der Waals surface area contributed by atoms with Gasteiger partial charge in [-0.2, -0.15) is 0 Å². The zero-order valence-corrected chi connectivity index (χ0v) is 15.4. The Labute approximate surface area is 150 Å². The number of hydrogen-bond donors (Lipinski definition) is 2. The number of aliphatic hydroxyl groups is 2. The maximum atomic E-state index is 9.29. The molecule has 2 aromatic carbocycles. The van der Waals surface area contributed by atoms with Crippen LogP contribution in [0, 0.1) is 0 Å². The van der Waals surface area contributed by atoms with Gasteiger partial charge in [0.1, 0.15) is 24.7 Å². The zero-order chi connectivity index (χ0) is 18.4. The quantitative estimate of drug-likeness (QED) is 0.769. The van der Waals surface area contributed by atoms with Gasteiger partial charge < -0.3 is 19.7 Å². The summed E-state index contributed by atoms with van der Waals surface area (Å²) in [5, 5.41) is 18.6. The molecule has 0 fully saturated rings. The van der Waals surface area contributed by atoms with Gasteiger partial charge in [0, 0.05) is 5.41 Å². The molecule has 0 saturated carbocycles. The van der Waals surface area contributed by atoms with E-state index in [2.05, 4.69) is 38.1 Å². The fraction of sp³-hybridized carbons (Fsp3) is 0.429. The Morgan fingerprint density at radius 3 is 1.32 bits per heavy atom. The van der Waals surface area contributed by atoms with Gasteiger partial charge in [-0.15, -0.1) is 0 Å². The van der Waals surface area contributed by atoms with Crippen molar-refractivity contribution in [1.29, 1.82) is 0 Å². The second kappa shape index (κ2) is 8.37. The van der Waals surface area contributed by atoms with Gasteiger partial charge >= 0.3 is 0 Å². The first-order valence-corrected chi connectivity index (χ1v) is 8.62. The van der Waals surface area contributed by atoms with Gasteiger partial charge in [0.15, 0.2) is 0 Å². The summed E-state index contributed by atoms with van der Waals surface area (Å²) in [6.45, 7) is 8.32. The van der Waals surface area contributed by atoms with Crippen molar-refractivity contribution in [2.24, 2.45) is 0 Å². The number of hydrogen-bond acceptors (Lipinski definition) is 4. The summed E-state index contributed by atoms with van der Waals surface area (Å²) >= 11 is 0. The third-order valence-electron chi connectivity index (χ3n) is 4.13. The Balaban J connectivity index is 2.09. The highest BCUT2D eigenvalue weighted by molar-refractivity contribution is 5.41. The Bertz CT molecular complexity index is 585. The lowest BCUT2D eigenvalue weighted by Crippen LogP contribution is -2.19. The van der Waals surface area contributed by atoms with Gasteiger partial charge in [-0.3, -0.25) is 0 Å². The number of rotatable bonds is 8. The average Bonchev–Trinajstić information content (AvgIpc) is 2.59. The van der Waals surface area contributed by atoms with E-state index in [0.717, 1.165) is 11.5 Å². The van der Waals surface area contributed by atoms with Gasteiger partial charge in [0.05, 0.1) is 12.2 Å². The van der Waals surface area contributed by atoms with Crippen LogP contribution >= 0.6 is 0 Å². The number of aliphatic hydroxyl groups excluding tert-OH is 2. The Kier molecular flexibility index (Phi) is 6.45. The molecule has 0 aromatic heterocycles.